The second kappa shape index (κ2) is 16.1. The van der Waals surface area contributed by atoms with Crippen molar-refractivity contribution in [3.63, 3.8) is 0 Å². The van der Waals surface area contributed by atoms with E-state index in [0.29, 0.717) is 0 Å². The summed E-state index contributed by atoms with van der Waals surface area (Å²) >= 11 is 0. The van der Waals surface area contributed by atoms with Gasteiger partial charge in [0.15, 0.2) is 0 Å². The quantitative estimate of drug-likeness (QED) is 0.489. The van der Waals surface area contributed by atoms with Crippen molar-refractivity contribution in [3.05, 3.63) is 35.9 Å². The molecular formula is C23H42. The third-order valence-corrected chi connectivity index (χ3v) is 4.89. The highest BCUT2D eigenvalue weighted by Crippen LogP contribution is 2.25. The zero-order valence-corrected chi connectivity index (χ0v) is 16.6. The third-order valence-electron chi connectivity index (χ3n) is 4.89. The van der Waals surface area contributed by atoms with E-state index < -0.39 is 0 Å². The largest absolute Gasteiger partial charge is 0.0683 e. The van der Waals surface area contributed by atoms with Crippen molar-refractivity contribution < 1.29 is 0 Å². The van der Waals surface area contributed by atoms with E-state index in [0.717, 1.165) is 11.8 Å². The summed E-state index contributed by atoms with van der Waals surface area (Å²) in [5.74, 6) is 2.13. The van der Waals surface area contributed by atoms with Gasteiger partial charge in [-0.3, -0.25) is 0 Å². The molecule has 0 heterocycles. The minimum Gasteiger partial charge on any atom is -0.0683 e. The van der Waals surface area contributed by atoms with Crippen molar-refractivity contribution >= 4 is 0 Å². The molecule has 0 nitrogen and oxygen atoms in total. The van der Waals surface area contributed by atoms with E-state index in [1.165, 1.54) is 69.8 Å². The highest BCUT2D eigenvalue weighted by Gasteiger charge is 2.09. The molecule has 3 rings (SSSR count). The highest BCUT2D eigenvalue weighted by molar-refractivity contribution is 5.11. The fourth-order valence-electron chi connectivity index (χ4n) is 3.26. The maximum atomic E-state index is 2.34. The lowest BCUT2D eigenvalue weighted by atomic mass is 9.88. The van der Waals surface area contributed by atoms with Crippen LogP contribution in [-0.2, 0) is 0 Å². The third kappa shape index (κ3) is 13.4. The van der Waals surface area contributed by atoms with Gasteiger partial charge >= 0.3 is 0 Å². The van der Waals surface area contributed by atoms with Crippen molar-refractivity contribution in [1.82, 2.24) is 0 Å². The molecule has 0 radical (unpaired) electrons. The molecule has 0 amide bonds. The lowest BCUT2D eigenvalue weighted by Crippen LogP contribution is -2.03. The highest BCUT2D eigenvalue weighted by atomic mass is 14.2. The van der Waals surface area contributed by atoms with Gasteiger partial charge < -0.3 is 0 Å². The number of hydrogen-bond donors (Lipinski definition) is 0. The van der Waals surface area contributed by atoms with E-state index in [4.69, 9.17) is 0 Å². The van der Waals surface area contributed by atoms with Gasteiger partial charge in [-0.1, -0.05) is 128 Å². The second-order valence-electron chi connectivity index (χ2n) is 6.96. The molecule has 0 saturated heterocycles. The fourth-order valence-corrected chi connectivity index (χ4v) is 3.26. The number of hydrogen-bond acceptors (Lipinski definition) is 0. The summed E-state index contributed by atoms with van der Waals surface area (Å²) < 4.78 is 0. The number of benzene rings is 1. The molecule has 1 aromatic rings. The normalized spacial score (nSPS) is 17.8. The summed E-state index contributed by atoms with van der Waals surface area (Å²) in [5.41, 5.74) is 1.32. The average molecular weight is 319 g/mol. The molecule has 0 aliphatic heterocycles. The molecule has 0 spiro atoms. The smallest absolute Gasteiger partial charge is 0.0398 e. The van der Waals surface area contributed by atoms with Crippen LogP contribution in [0, 0.1) is 18.8 Å². The van der Waals surface area contributed by atoms with Crippen molar-refractivity contribution in [2.24, 2.45) is 11.8 Å². The molecule has 0 unspecified atom stereocenters. The summed E-state index contributed by atoms with van der Waals surface area (Å²) in [7, 11) is 0. The molecule has 0 aromatic heterocycles. The van der Waals surface area contributed by atoms with Gasteiger partial charge in [-0.05, 0) is 18.8 Å². The fraction of sp³-hybridized carbons (Fsp3) is 0.739. The number of rotatable bonds is 1. The molecule has 2 fully saturated rings. The molecule has 134 valence electrons. The Morgan fingerprint density at radius 1 is 0.783 bits per heavy atom. The van der Waals surface area contributed by atoms with Gasteiger partial charge in [-0.25, -0.2) is 0 Å². The molecule has 2 saturated carbocycles. The van der Waals surface area contributed by atoms with E-state index in [1.807, 2.05) is 32.0 Å². The zero-order chi connectivity index (χ0) is 17.3. The summed E-state index contributed by atoms with van der Waals surface area (Å²) in [6.45, 7) is 10.7. The van der Waals surface area contributed by atoms with E-state index >= 15 is 0 Å². The Bertz CT molecular complexity index is 315. The summed E-state index contributed by atoms with van der Waals surface area (Å²) in [4.78, 5) is 0. The monoisotopic (exact) mass is 318 g/mol. The van der Waals surface area contributed by atoms with Gasteiger partial charge in [0.1, 0.15) is 0 Å². The first-order chi connectivity index (χ1) is 11.2. The maximum Gasteiger partial charge on any atom is -0.0398 e. The van der Waals surface area contributed by atoms with Gasteiger partial charge in [0.25, 0.3) is 0 Å². The SMILES string of the molecule is CC.CC1CCCC1.CCC1CCCCC1.Cc1ccccc1. The van der Waals surface area contributed by atoms with Crippen LogP contribution in [0.15, 0.2) is 30.3 Å². The topological polar surface area (TPSA) is 0 Å². The lowest BCUT2D eigenvalue weighted by Gasteiger charge is -2.18. The minimum absolute atomic E-state index is 1.05. The molecule has 0 N–H and O–H groups in total. The Morgan fingerprint density at radius 2 is 1.26 bits per heavy atom. The van der Waals surface area contributed by atoms with Crippen LogP contribution in [0.1, 0.15) is 97.5 Å². The van der Waals surface area contributed by atoms with E-state index in [2.05, 4.69) is 32.9 Å². The Kier molecular flexibility index (Phi) is 15.5. The second-order valence-corrected chi connectivity index (χ2v) is 6.96. The van der Waals surface area contributed by atoms with Crippen LogP contribution in [0.3, 0.4) is 0 Å². The predicted octanol–water partition coefficient (Wildman–Crippen LogP) is 8.19. The molecular weight excluding hydrogens is 276 g/mol. The molecule has 23 heavy (non-hydrogen) atoms. The predicted molar refractivity (Wildman–Crippen MR) is 107 cm³/mol. The molecule has 2 aliphatic rings. The number of aryl methyl sites for hydroxylation is 1. The summed E-state index contributed by atoms with van der Waals surface area (Å²) in [5, 5.41) is 0. The van der Waals surface area contributed by atoms with Crippen molar-refractivity contribution in [3.8, 4) is 0 Å². The van der Waals surface area contributed by atoms with Gasteiger partial charge in [-0.2, -0.15) is 0 Å². The lowest BCUT2D eigenvalue weighted by molar-refractivity contribution is 0.349. The average Bonchev–Trinajstić information content (AvgIpc) is 3.10. The first-order valence-corrected chi connectivity index (χ1v) is 10.2. The maximum absolute atomic E-state index is 2.34. The Morgan fingerprint density at radius 3 is 1.52 bits per heavy atom. The molecule has 0 heteroatoms. The van der Waals surface area contributed by atoms with Crippen LogP contribution >= 0.6 is 0 Å². The van der Waals surface area contributed by atoms with Crippen LogP contribution in [0.25, 0.3) is 0 Å². The van der Waals surface area contributed by atoms with Gasteiger partial charge in [0, 0.05) is 0 Å². The Hall–Kier alpha value is -0.780. The molecule has 2 aliphatic carbocycles. The van der Waals surface area contributed by atoms with Crippen LogP contribution in [0.4, 0.5) is 0 Å². The standard InChI is InChI=1S/C8H16.C7H8.C6H12.C2H6/c1-2-8-6-4-3-5-7-8;1-7-5-3-2-4-6-7;1-6-4-2-3-5-6;1-2/h8H,2-7H2,1H3;2-6H,1H3;6H,2-5H2,1H3;1-2H3. The summed E-state index contributed by atoms with van der Waals surface area (Å²) in [6, 6.07) is 10.3. The summed E-state index contributed by atoms with van der Waals surface area (Å²) in [6.07, 6.45) is 14.9. The first-order valence-electron chi connectivity index (χ1n) is 10.2. The Labute approximate surface area is 147 Å². The van der Waals surface area contributed by atoms with E-state index in [1.54, 1.807) is 0 Å². The molecule has 0 bridgehead atoms. The van der Waals surface area contributed by atoms with Crippen LogP contribution in [0.2, 0.25) is 0 Å². The minimum atomic E-state index is 1.05. The van der Waals surface area contributed by atoms with Gasteiger partial charge in [-0.15, -0.1) is 0 Å². The Balaban J connectivity index is 0.000000302. The molecule has 1 aromatic carbocycles. The van der Waals surface area contributed by atoms with Gasteiger partial charge in [0.2, 0.25) is 0 Å². The zero-order valence-electron chi connectivity index (χ0n) is 16.6. The van der Waals surface area contributed by atoms with Crippen LogP contribution in [0.5, 0.6) is 0 Å². The molecule has 0 atom stereocenters. The van der Waals surface area contributed by atoms with Crippen LogP contribution < -0.4 is 0 Å². The van der Waals surface area contributed by atoms with E-state index in [9.17, 15) is 0 Å². The first kappa shape index (κ1) is 22.2. The van der Waals surface area contributed by atoms with Crippen molar-refractivity contribution in [2.45, 2.75) is 98.8 Å². The van der Waals surface area contributed by atoms with Crippen molar-refractivity contribution in [1.29, 1.82) is 0 Å². The van der Waals surface area contributed by atoms with E-state index in [-0.39, 0.29) is 0 Å². The van der Waals surface area contributed by atoms with Crippen LogP contribution in [-0.4, -0.2) is 0 Å². The van der Waals surface area contributed by atoms with Crippen molar-refractivity contribution in [2.75, 3.05) is 0 Å². The van der Waals surface area contributed by atoms with Gasteiger partial charge in [0.05, 0.1) is 0 Å².